The summed E-state index contributed by atoms with van der Waals surface area (Å²) in [6.07, 6.45) is 8.14. The van der Waals surface area contributed by atoms with Crippen LogP contribution in [0.4, 0.5) is 20.6 Å². The summed E-state index contributed by atoms with van der Waals surface area (Å²) in [5.74, 6) is 1.97. The van der Waals surface area contributed by atoms with Crippen molar-refractivity contribution in [1.82, 2.24) is 9.96 Å². The molecule has 2 aliphatic heterocycles. The number of nitrogens with zero attached hydrogens (tertiary/aromatic N) is 3. The highest BCUT2D eigenvalue weighted by molar-refractivity contribution is 5.99. The molecule has 1 fully saturated rings. The standard InChI is InChI=1S/C23H22FN5O2/c1-28-21(15-4-5-15)27-20-3-2-14-29(22(20)28)31-19-12-10-18(11-13-19)26-23(30)25-17-8-6-16(24)7-9-17/h2-3,6-15,22H,4-5H2,1H3,(H2,25,26,30). The first kappa shape index (κ1) is 19.2. The number of hydroxylamine groups is 2. The van der Waals surface area contributed by atoms with Gasteiger partial charge in [0.05, 0.1) is 5.70 Å². The highest BCUT2D eigenvalue weighted by atomic mass is 19.1. The Hall–Kier alpha value is -3.81. The molecule has 0 spiro atoms. The van der Waals surface area contributed by atoms with Crippen LogP contribution in [0.1, 0.15) is 12.8 Å². The number of amides is 2. The number of likely N-dealkylation sites (N-methyl/N-ethyl adjacent to an activating group) is 1. The Morgan fingerprint density at radius 1 is 1.06 bits per heavy atom. The number of carbonyl (C=O) groups excluding carboxylic acids is 1. The summed E-state index contributed by atoms with van der Waals surface area (Å²) in [7, 11) is 2.05. The lowest BCUT2D eigenvalue weighted by Gasteiger charge is -2.34. The van der Waals surface area contributed by atoms with Crippen molar-refractivity contribution in [3.05, 3.63) is 78.4 Å². The third-order valence-electron chi connectivity index (χ3n) is 5.35. The lowest BCUT2D eigenvalue weighted by atomic mass is 10.2. The lowest BCUT2D eigenvalue weighted by molar-refractivity contribution is -0.0669. The molecule has 158 valence electrons. The number of benzene rings is 2. The summed E-state index contributed by atoms with van der Waals surface area (Å²) in [4.78, 5) is 25.2. The first-order valence-electron chi connectivity index (χ1n) is 10.2. The Balaban J connectivity index is 1.20. The predicted octanol–water partition coefficient (Wildman–Crippen LogP) is 4.56. The van der Waals surface area contributed by atoms with E-state index in [0.29, 0.717) is 23.0 Å². The molecule has 2 heterocycles. The second kappa shape index (κ2) is 7.79. The Morgan fingerprint density at radius 3 is 2.35 bits per heavy atom. The van der Waals surface area contributed by atoms with Gasteiger partial charge in [0, 0.05) is 30.5 Å². The lowest BCUT2D eigenvalue weighted by Crippen LogP contribution is -2.46. The van der Waals surface area contributed by atoms with Gasteiger partial charge in [-0.1, -0.05) is 0 Å². The van der Waals surface area contributed by atoms with E-state index < -0.39 is 6.03 Å². The Labute approximate surface area is 179 Å². The summed E-state index contributed by atoms with van der Waals surface area (Å²) < 4.78 is 13.0. The fraction of sp³-hybridized carbons (Fsp3) is 0.217. The maximum atomic E-state index is 13.0. The van der Waals surface area contributed by atoms with Crippen LogP contribution in [0.5, 0.6) is 5.75 Å². The summed E-state index contributed by atoms with van der Waals surface area (Å²) in [6, 6.07) is 12.3. The van der Waals surface area contributed by atoms with Crippen LogP contribution in [0.25, 0.3) is 0 Å². The number of hydrogen-bond donors (Lipinski definition) is 2. The summed E-state index contributed by atoms with van der Waals surface area (Å²) in [5.41, 5.74) is 2.09. The fourth-order valence-corrected chi connectivity index (χ4v) is 3.67. The van der Waals surface area contributed by atoms with E-state index in [1.807, 2.05) is 25.4 Å². The molecule has 1 atom stereocenters. The van der Waals surface area contributed by atoms with E-state index in [0.717, 1.165) is 11.5 Å². The number of allylic oxidation sites excluding steroid dienone is 2. The zero-order valence-corrected chi connectivity index (χ0v) is 17.0. The maximum Gasteiger partial charge on any atom is 0.323 e. The van der Waals surface area contributed by atoms with Gasteiger partial charge in [-0.05, 0) is 73.5 Å². The molecule has 1 saturated carbocycles. The molecule has 5 rings (SSSR count). The van der Waals surface area contributed by atoms with Gasteiger partial charge in [-0.25, -0.2) is 14.2 Å². The average Bonchev–Trinajstić information content (AvgIpc) is 3.55. The van der Waals surface area contributed by atoms with Crippen molar-refractivity contribution in [2.75, 3.05) is 17.7 Å². The normalized spacial score (nSPS) is 19.5. The number of urea groups is 1. The number of fused-ring (bicyclic) bond motifs is 1. The van der Waals surface area contributed by atoms with Gasteiger partial charge in [-0.15, -0.1) is 0 Å². The van der Waals surface area contributed by atoms with Crippen molar-refractivity contribution in [2.45, 2.75) is 19.0 Å². The van der Waals surface area contributed by atoms with Crippen molar-refractivity contribution in [3.63, 3.8) is 0 Å². The van der Waals surface area contributed by atoms with Gasteiger partial charge < -0.3 is 20.4 Å². The molecule has 31 heavy (non-hydrogen) atoms. The van der Waals surface area contributed by atoms with Gasteiger partial charge in [0.25, 0.3) is 0 Å². The minimum atomic E-state index is -0.411. The Morgan fingerprint density at radius 2 is 1.71 bits per heavy atom. The number of aliphatic imine (C=N–C) groups is 1. The summed E-state index contributed by atoms with van der Waals surface area (Å²) in [6.45, 7) is 0. The van der Waals surface area contributed by atoms with Crippen molar-refractivity contribution < 1.29 is 14.0 Å². The zero-order valence-electron chi connectivity index (χ0n) is 17.0. The van der Waals surface area contributed by atoms with Crippen LogP contribution in [-0.2, 0) is 0 Å². The van der Waals surface area contributed by atoms with Gasteiger partial charge in [0.2, 0.25) is 0 Å². The summed E-state index contributed by atoms with van der Waals surface area (Å²) >= 11 is 0. The molecule has 0 radical (unpaired) electrons. The number of anilines is 2. The quantitative estimate of drug-likeness (QED) is 0.746. The van der Waals surface area contributed by atoms with Gasteiger partial charge in [-0.3, -0.25) is 0 Å². The van der Waals surface area contributed by atoms with Gasteiger partial charge in [-0.2, -0.15) is 5.06 Å². The van der Waals surface area contributed by atoms with E-state index in [4.69, 9.17) is 9.83 Å². The fourth-order valence-electron chi connectivity index (χ4n) is 3.67. The molecule has 1 unspecified atom stereocenters. The van der Waals surface area contributed by atoms with E-state index in [1.165, 1.54) is 37.1 Å². The number of halogens is 1. The van der Waals surface area contributed by atoms with Crippen LogP contribution in [0.2, 0.25) is 0 Å². The largest absolute Gasteiger partial charge is 0.378 e. The Kier molecular flexibility index (Phi) is 4.82. The van der Waals surface area contributed by atoms with Crippen molar-refractivity contribution in [1.29, 1.82) is 0 Å². The minimum Gasteiger partial charge on any atom is -0.378 e. The van der Waals surface area contributed by atoms with Crippen molar-refractivity contribution in [2.24, 2.45) is 10.9 Å². The van der Waals surface area contributed by atoms with E-state index in [-0.39, 0.29) is 12.0 Å². The molecular weight excluding hydrogens is 397 g/mol. The topological polar surface area (TPSA) is 69.2 Å². The number of hydrogen-bond acceptors (Lipinski definition) is 5. The molecule has 0 aromatic heterocycles. The molecular formula is C23H22FN5O2. The molecule has 3 aliphatic rings. The second-order valence-corrected chi connectivity index (χ2v) is 7.72. The second-order valence-electron chi connectivity index (χ2n) is 7.72. The third kappa shape index (κ3) is 4.09. The van der Waals surface area contributed by atoms with Crippen molar-refractivity contribution in [3.8, 4) is 5.75 Å². The van der Waals surface area contributed by atoms with E-state index in [2.05, 4.69) is 15.5 Å². The van der Waals surface area contributed by atoms with Gasteiger partial charge >= 0.3 is 6.03 Å². The maximum absolute atomic E-state index is 13.0. The number of carbonyl (C=O) groups is 1. The molecule has 8 heteroatoms. The monoisotopic (exact) mass is 419 g/mol. The van der Waals surface area contributed by atoms with Crippen LogP contribution < -0.4 is 15.5 Å². The zero-order chi connectivity index (χ0) is 21.4. The molecule has 2 amide bonds. The number of amidine groups is 1. The van der Waals surface area contributed by atoms with E-state index in [9.17, 15) is 9.18 Å². The first-order chi connectivity index (χ1) is 15.1. The molecule has 2 aromatic rings. The van der Waals surface area contributed by atoms with Crippen LogP contribution in [0, 0.1) is 11.7 Å². The highest BCUT2D eigenvalue weighted by Gasteiger charge is 2.41. The minimum absolute atomic E-state index is 0.0834. The third-order valence-corrected chi connectivity index (χ3v) is 5.35. The van der Waals surface area contributed by atoms with Crippen LogP contribution >= 0.6 is 0 Å². The number of nitrogens with one attached hydrogen (secondary N) is 2. The molecule has 0 saturated heterocycles. The first-order valence-corrected chi connectivity index (χ1v) is 10.2. The summed E-state index contributed by atoms with van der Waals surface area (Å²) in [5, 5.41) is 7.19. The molecule has 7 nitrogen and oxygen atoms in total. The molecule has 0 bridgehead atoms. The Bertz CT molecular complexity index is 1070. The molecule has 2 aromatic carbocycles. The van der Waals surface area contributed by atoms with Gasteiger partial charge in [0.15, 0.2) is 11.9 Å². The van der Waals surface area contributed by atoms with Crippen LogP contribution in [-0.4, -0.2) is 35.0 Å². The van der Waals surface area contributed by atoms with Crippen molar-refractivity contribution >= 4 is 23.2 Å². The van der Waals surface area contributed by atoms with Gasteiger partial charge in [0.1, 0.15) is 11.7 Å². The smallest absolute Gasteiger partial charge is 0.323 e. The SMILES string of the molecule is CN1C(C2CC2)=NC2=CC=CN(Oc3ccc(NC(=O)Nc4ccc(F)cc4)cc3)C21. The van der Waals surface area contributed by atoms with E-state index >= 15 is 0 Å². The van der Waals surface area contributed by atoms with Crippen LogP contribution in [0.15, 0.2) is 77.6 Å². The number of rotatable bonds is 5. The highest BCUT2D eigenvalue weighted by Crippen LogP contribution is 2.38. The molecule has 2 N–H and O–H groups in total. The predicted molar refractivity (Wildman–Crippen MR) is 117 cm³/mol. The molecule has 1 aliphatic carbocycles. The average molecular weight is 419 g/mol. The van der Waals surface area contributed by atoms with Crippen LogP contribution in [0.3, 0.4) is 0 Å². The van der Waals surface area contributed by atoms with E-state index in [1.54, 1.807) is 29.3 Å².